The fourth-order valence-corrected chi connectivity index (χ4v) is 1.41. The number of hydrogen-bond donors (Lipinski definition) is 1. The highest BCUT2D eigenvalue weighted by molar-refractivity contribution is 7.71. The van der Waals surface area contributed by atoms with Crippen LogP contribution in [0.4, 0.5) is 0 Å². The summed E-state index contributed by atoms with van der Waals surface area (Å²) < 4.78 is 4.04. The third-order valence-corrected chi connectivity index (χ3v) is 2.35. The summed E-state index contributed by atoms with van der Waals surface area (Å²) >= 11 is 4.95. The van der Waals surface area contributed by atoms with E-state index in [0.29, 0.717) is 4.77 Å². The van der Waals surface area contributed by atoms with Crippen LogP contribution in [0.15, 0.2) is 12.3 Å². The minimum absolute atomic E-state index is 0.479. The maximum Gasteiger partial charge on any atom is 0.238 e. The topological polar surface area (TPSA) is 64.3 Å². The third kappa shape index (κ3) is 1.72. The molecule has 0 radical (unpaired) electrons. The molecule has 0 atom stereocenters. The van der Waals surface area contributed by atoms with E-state index in [4.69, 9.17) is 12.2 Å². The Morgan fingerprint density at radius 1 is 1.57 bits per heavy atom. The van der Waals surface area contributed by atoms with Gasteiger partial charge in [0.15, 0.2) is 0 Å². The van der Waals surface area contributed by atoms with E-state index in [9.17, 15) is 0 Å². The van der Waals surface area contributed by atoms with Gasteiger partial charge < -0.3 is 0 Å². The first-order valence-electron chi connectivity index (χ1n) is 4.22. The van der Waals surface area contributed by atoms with Gasteiger partial charge in [-0.15, -0.1) is 0 Å². The van der Waals surface area contributed by atoms with Crippen molar-refractivity contribution in [3.8, 4) is 0 Å². The molecule has 0 aliphatic heterocycles. The van der Waals surface area contributed by atoms with Gasteiger partial charge in [0.1, 0.15) is 0 Å². The minimum Gasteiger partial charge on any atom is -0.273 e. The van der Waals surface area contributed by atoms with Gasteiger partial charge in [0.25, 0.3) is 0 Å². The van der Waals surface area contributed by atoms with Crippen LogP contribution >= 0.6 is 12.2 Å². The lowest BCUT2D eigenvalue weighted by Gasteiger charge is -2.01. The zero-order valence-electron chi connectivity index (χ0n) is 7.71. The van der Waals surface area contributed by atoms with Gasteiger partial charge in [-0.1, -0.05) is 10.3 Å². The molecule has 2 rings (SSSR count). The molecular formula is C7H10N6S. The molecule has 2 aromatic rings. The van der Waals surface area contributed by atoms with Crippen LogP contribution in [-0.4, -0.2) is 30.0 Å². The maximum absolute atomic E-state index is 4.95. The van der Waals surface area contributed by atoms with Gasteiger partial charge in [0.05, 0.1) is 0 Å². The van der Waals surface area contributed by atoms with Crippen molar-refractivity contribution in [1.29, 1.82) is 0 Å². The zero-order valence-corrected chi connectivity index (χ0v) is 8.53. The van der Waals surface area contributed by atoms with Gasteiger partial charge in [0, 0.05) is 31.9 Å². The summed E-state index contributed by atoms with van der Waals surface area (Å²) in [6, 6.07) is 1.98. The number of hydrogen-bond acceptors (Lipinski definition) is 4. The number of tetrazole rings is 1. The van der Waals surface area contributed by atoms with Crippen LogP contribution in [0.25, 0.3) is 0 Å². The molecule has 0 fully saturated rings. The van der Waals surface area contributed by atoms with E-state index in [1.165, 1.54) is 0 Å². The van der Waals surface area contributed by atoms with Gasteiger partial charge in [-0.05, 0) is 18.3 Å². The number of H-pyrrole nitrogens is 1. The highest BCUT2D eigenvalue weighted by atomic mass is 32.1. The molecule has 0 spiro atoms. The lowest BCUT2D eigenvalue weighted by atomic mass is 10.3. The Morgan fingerprint density at radius 3 is 3.00 bits per heavy atom. The Balaban J connectivity index is 2.05. The number of aryl methyl sites for hydroxylation is 3. The fraction of sp³-hybridized carbons (Fsp3) is 0.429. The van der Waals surface area contributed by atoms with E-state index in [1.807, 2.05) is 17.8 Å². The van der Waals surface area contributed by atoms with Crippen molar-refractivity contribution in [2.45, 2.75) is 13.0 Å². The van der Waals surface area contributed by atoms with Gasteiger partial charge in [-0.3, -0.25) is 4.68 Å². The summed E-state index contributed by atoms with van der Waals surface area (Å²) in [4.78, 5) is 0. The first-order chi connectivity index (χ1) is 6.77. The Labute approximate surface area is 85.5 Å². The largest absolute Gasteiger partial charge is 0.273 e. The molecule has 6 nitrogen and oxygen atoms in total. The normalized spacial score (nSPS) is 10.6. The molecule has 0 saturated carbocycles. The van der Waals surface area contributed by atoms with E-state index in [1.54, 1.807) is 10.9 Å². The molecule has 0 unspecified atom stereocenters. The molecule has 0 saturated heterocycles. The van der Waals surface area contributed by atoms with E-state index in [0.717, 1.165) is 18.7 Å². The monoisotopic (exact) mass is 210 g/mol. The number of nitrogens with zero attached hydrogens (tertiary/aromatic N) is 5. The minimum atomic E-state index is 0.479. The van der Waals surface area contributed by atoms with Crippen LogP contribution in [0.2, 0.25) is 0 Å². The fourth-order valence-electron chi connectivity index (χ4n) is 1.23. The highest BCUT2D eigenvalue weighted by Crippen LogP contribution is 1.99. The number of aromatic nitrogens is 6. The van der Waals surface area contributed by atoms with Crippen LogP contribution in [0.3, 0.4) is 0 Å². The summed E-state index contributed by atoms with van der Waals surface area (Å²) in [5.74, 6) is 0. The third-order valence-electron chi connectivity index (χ3n) is 2.05. The second-order valence-electron chi connectivity index (χ2n) is 2.93. The first kappa shape index (κ1) is 9.07. The molecule has 14 heavy (non-hydrogen) atoms. The molecule has 7 heteroatoms. The van der Waals surface area contributed by atoms with Crippen LogP contribution in [0.5, 0.6) is 0 Å². The number of rotatable bonds is 3. The molecule has 0 aliphatic rings. The summed E-state index contributed by atoms with van der Waals surface area (Å²) in [6.07, 6.45) is 2.63. The van der Waals surface area contributed by atoms with E-state index >= 15 is 0 Å². The van der Waals surface area contributed by atoms with Gasteiger partial charge in [0.2, 0.25) is 4.77 Å². The average Bonchev–Trinajstić information content (AvgIpc) is 2.72. The van der Waals surface area contributed by atoms with Crippen LogP contribution in [0, 0.1) is 4.77 Å². The van der Waals surface area contributed by atoms with Crippen LogP contribution < -0.4 is 0 Å². The Kier molecular flexibility index (Phi) is 2.40. The molecule has 0 amide bonds. The van der Waals surface area contributed by atoms with Crippen molar-refractivity contribution < 1.29 is 0 Å². The summed E-state index contributed by atoms with van der Waals surface area (Å²) in [5, 5.41) is 14.1. The predicted molar refractivity (Wildman–Crippen MR) is 52.1 cm³/mol. The molecule has 0 bridgehead atoms. The van der Waals surface area contributed by atoms with E-state index in [2.05, 4.69) is 20.6 Å². The van der Waals surface area contributed by atoms with Gasteiger partial charge in [-0.25, -0.2) is 4.68 Å². The molecule has 74 valence electrons. The summed E-state index contributed by atoms with van der Waals surface area (Å²) in [6.45, 7) is 0.741. The predicted octanol–water partition coefficient (Wildman–Crippen LogP) is 0.312. The average molecular weight is 210 g/mol. The molecular weight excluding hydrogens is 200 g/mol. The van der Waals surface area contributed by atoms with Gasteiger partial charge in [-0.2, -0.15) is 10.3 Å². The number of aromatic amines is 1. The zero-order chi connectivity index (χ0) is 9.97. The van der Waals surface area contributed by atoms with Crippen LogP contribution in [0.1, 0.15) is 5.69 Å². The second kappa shape index (κ2) is 3.70. The summed E-state index contributed by atoms with van der Waals surface area (Å²) in [5.41, 5.74) is 1.15. The molecule has 2 heterocycles. The second-order valence-corrected chi connectivity index (χ2v) is 3.30. The quantitative estimate of drug-likeness (QED) is 0.741. The van der Waals surface area contributed by atoms with Crippen molar-refractivity contribution in [2.24, 2.45) is 7.05 Å². The molecule has 0 aliphatic carbocycles. The first-order valence-corrected chi connectivity index (χ1v) is 4.63. The van der Waals surface area contributed by atoms with Crippen molar-refractivity contribution in [2.75, 3.05) is 0 Å². The lowest BCUT2D eigenvalue weighted by Crippen LogP contribution is -2.06. The SMILES string of the molecule is Cn1nccc1CCn1[nH]nnc1=S. The smallest absolute Gasteiger partial charge is 0.238 e. The van der Waals surface area contributed by atoms with Crippen molar-refractivity contribution in [3.05, 3.63) is 22.7 Å². The van der Waals surface area contributed by atoms with Crippen molar-refractivity contribution in [3.63, 3.8) is 0 Å². The molecule has 1 N–H and O–H groups in total. The molecule has 2 aromatic heterocycles. The number of nitrogens with one attached hydrogen (secondary N) is 1. The lowest BCUT2D eigenvalue weighted by molar-refractivity contribution is 0.562. The highest BCUT2D eigenvalue weighted by Gasteiger charge is 2.00. The summed E-state index contributed by atoms with van der Waals surface area (Å²) in [7, 11) is 1.92. The Hall–Kier alpha value is -1.50. The van der Waals surface area contributed by atoms with Gasteiger partial charge >= 0.3 is 0 Å². The van der Waals surface area contributed by atoms with E-state index in [-0.39, 0.29) is 0 Å². The Morgan fingerprint density at radius 2 is 2.43 bits per heavy atom. The maximum atomic E-state index is 4.95. The standard InChI is InChI=1S/C7H10N6S/c1-12-6(2-4-8-12)3-5-13-7(14)9-10-11-13/h2,4H,3,5H2,1H3,(H,9,11,14). The van der Waals surface area contributed by atoms with E-state index < -0.39 is 0 Å². The van der Waals surface area contributed by atoms with Crippen molar-refractivity contribution in [1.82, 2.24) is 30.0 Å². The Bertz CT molecular complexity index is 466. The van der Waals surface area contributed by atoms with Crippen LogP contribution in [-0.2, 0) is 20.0 Å². The van der Waals surface area contributed by atoms with Crippen molar-refractivity contribution >= 4 is 12.2 Å². The molecule has 0 aromatic carbocycles.